The number of aromatic nitrogens is 1. The molecule has 1 aromatic heterocycles. The molecule has 1 amide bonds. The molecular weight excluding hydrogens is 334 g/mol. The first kappa shape index (κ1) is 16.3. The van der Waals surface area contributed by atoms with E-state index in [1.54, 1.807) is 5.51 Å². The van der Waals surface area contributed by atoms with Gasteiger partial charge in [0, 0.05) is 6.54 Å². The Hall–Kier alpha value is -2.18. The third-order valence-corrected chi connectivity index (χ3v) is 5.78. The van der Waals surface area contributed by atoms with E-state index >= 15 is 0 Å². The van der Waals surface area contributed by atoms with Crippen molar-refractivity contribution in [1.82, 2.24) is 9.88 Å². The molecule has 0 atom stereocenters. The highest BCUT2D eigenvalue weighted by molar-refractivity contribution is 7.13. The maximum Gasteiger partial charge on any atom is 0.413 e. The van der Waals surface area contributed by atoms with Crippen molar-refractivity contribution in [3.05, 3.63) is 47.5 Å². The number of fused-ring (bicyclic) bond motifs is 3. The highest BCUT2D eigenvalue weighted by atomic mass is 32.1. The third kappa shape index (κ3) is 3.75. The van der Waals surface area contributed by atoms with E-state index in [0.717, 1.165) is 17.0 Å². The molecule has 6 heteroatoms. The number of piperidine rings is 3. The van der Waals surface area contributed by atoms with Crippen LogP contribution in [0.15, 0.2) is 47.5 Å². The summed E-state index contributed by atoms with van der Waals surface area (Å²) in [5.41, 5.74) is 4.19. The van der Waals surface area contributed by atoms with Gasteiger partial charge in [-0.15, -0.1) is 11.3 Å². The average molecular weight is 355 g/mol. The molecular formula is C19H21N3O2S. The molecule has 4 heterocycles. The van der Waals surface area contributed by atoms with Crippen molar-refractivity contribution >= 4 is 23.2 Å². The van der Waals surface area contributed by atoms with Crippen molar-refractivity contribution in [2.45, 2.75) is 12.8 Å². The van der Waals surface area contributed by atoms with E-state index in [2.05, 4.69) is 21.3 Å². The van der Waals surface area contributed by atoms with Crippen molar-refractivity contribution < 1.29 is 9.53 Å². The Morgan fingerprint density at radius 3 is 2.84 bits per heavy atom. The first-order valence-corrected chi connectivity index (χ1v) is 9.51. The number of rotatable bonds is 4. The van der Waals surface area contributed by atoms with Crippen molar-refractivity contribution in [2.24, 2.45) is 5.92 Å². The van der Waals surface area contributed by atoms with Crippen LogP contribution >= 0.6 is 11.3 Å². The van der Waals surface area contributed by atoms with Gasteiger partial charge in [-0.05, 0) is 43.5 Å². The second kappa shape index (κ2) is 7.37. The fraction of sp³-hybridized carbons (Fsp3) is 0.368. The normalized spacial score (nSPS) is 23.6. The standard InChI is InChI=1S/C19H21N3O2S/c23-19(24-11-8-16-12-22-9-6-14(16)7-10-22)21-18-17(25-13-20-18)15-4-2-1-3-5-15/h1-5,8,13-14H,6-7,9-12H2,(H,21,23)/b16-8-. The highest BCUT2D eigenvalue weighted by Gasteiger charge is 2.29. The Labute approximate surface area is 151 Å². The fourth-order valence-electron chi connectivity index (χ4n) is 3.57. The summed E-state index contributed by atoms with van der Waals surface area (Å²) >= 11 is 1.50. The molecule has 5 rings (SSSR count). The molecule has 0 radical (unpaired) electrons. The Morgan fingerprint density at radius 2 is 2.12 bits per heavy atom. The predicted molar refractivity (Wildman–Crippen MR) is 99.8 cm³/mol. The largest absolute Gasteiger partial charge is 0.445 e. The van der Waals surface area contributed by atoms with Crippen LogP contribution in [0.5, 0.6) is 0 Å². The van der Waals surface area contributed by atoms with Crippen LogP contribution in [0.3, 0.4) is 0 Å². The molecule has 3 fully saturated rings. The number of nitrogens with zero attached hydrogens (tertiary/aromatic N) is 2. The van der Waals surface area contributed by atoms with Crippen LogP contribution in [0.4, 0.5) is 10.6 Å². The van der Waals surface area contributed by atoms with Gasteiger partial charge in [-0.2, -0.15) is 0 Å². The van der Waals surface area contributed by atoms with E-state index in [-0.39, 0.29) is 0 Å². The van der Waals surface area contributed by atoms with E-state index in [1.165, 1.54) is 42.8 Å². The number of amides is 1. The van der Waals surface area contributed by atoms with Crippen molar-refractivity contribution in [2.75, 3.05) is 31.6 Å². The van der Waals surface area contributed by atoms with E-state index in [9.17, 15) is 4.79 Å². The molecule has 0 spiro atoms. The zero-order valence-corrected chi connectivity index (χ0v) is 14.8. The number of thiazole rings is 1. The third-order valence-electron chi connectivity index (χ3n) is 4.90. The smallest absolute Gasteiger partial charge is 0.413 e. The summed E-state index contributed by atoms with van der Waals surface area (Å²) in [4.78, 5) is 19.7. The fourth-order valence-corrected chi connectivity index (χ4v) is 4.32. The van der Waals surface area contributed by atoms with E-state index in [4.69, 9.17) is 4.74 Å². The first-order valence-electron chi connectivity index (χ1n) is 8.63. The number of anilines is 1. The molecule has 25 heavy (non-hydrogen) atoms. The summed E-state index contributed by atoms with van der Waals surface area (Å²) in [6.07, 6.45) is 4.09. The second-order valence-corrected chi connectivity index (χ2v) is 7.30. The predicted octanol–water partition coefficient (Wildman–Crippen LogP) is 4.01. The van der Waals surface area contributed by atoms with Crippen LogP contribution in [0.2, 0.25) is 0 Å². The maximum atomic E-state index is 12.1. The van der Waals surface area contributed by atoms with Crippen LogP contribution in [0, 0.1) is 5.92 Å². The van der Waals surface area contributed by atoms with Crippen LogP contribution in [-0.4, -0.2) is 42.2 Å². The Bertz CT molecular complexity index is 764. The summed E-state index contributed by atoms with van der Waals surface area (Å²) in [5.74, 6) is 1.23. The van der Waals surface area contributed by atoms with Crippen LogP contribution in [0.1, 0.15) is 12.8 Å². The van der Waals surface area contributed by atoms with Crippen molar-refractivity contribution in [3.8, 4) is 10.4 Å². The van der Waals surface area contributed by atoms with Gasteiger partial charge in [0.2, 0.25) is 0 Å². The Balaban J connectivity index is 1.34. The topological polar surface area (TPSA) is 54.5 Å². The molecule has 2 bridgehead atoms. The molecule has 5 nitrogen and oxygen atoms in total. The monoisotopic (exact) mass is 355 g/mol. The molecule has 3 aliphatic rings. The first-order chi connectivity index (χ1) is 12.3. The number of ether oxygens (including phenoxy) is 1. The zero-order valence-electron chi connectivity index (χ0n) is 14.0. The SMILES string of the molecule is O=C(Nc1ncsc1-c1ccccc1)OC/C=C1/CN2CCC1CC2. The van der Waals surface area contributed by atoms with E-state index in [0.29, 0.717) is 18.3 Å². The lowest BCUT2D eigenvalue weighted by atomic mass is 9.84. The quantitative estimate of drug-likeness (QED) is 0.842. The number of carbonyl (C=O) groups is 1. The Morgan fingerprint density at radius 1 is 1.32 bits per heavy atom. The molecule has 3 aliphatic heterocycles. The van der Waals surface area contributed by atoms with Crippen LogP contribution < -0.4 is 5.32 Å². The number of hydrogen-bond donors (Lipinski definition) is 1. The molecule has 1 aromatic carbocycles. The van der Waals surface area contributed by atoms with Gasteiger partial charge in [0.05, 0.1) is 10.4 Å². The van der Waals surface area contributed by atoms with Gasteiger partial charge in [-0.1, -0.05) is 35.9 Å². The van der Waals surface area contributed by atoms with E-state index < -0.39 is 6.09 Å². The van der Waals surface area contributed by atoms with Gasteiger partial charge in [0.15, 0.2) is 5.82 Å². The van der Waals surface area contributed by atoms with Crippen LogP contribution in [-0.2, 0) is 4.74 Å². The summed E-state index contributed by atoms with van der Waals surface area (Å²) in [6, 6.07) is 9.91. The van der Waals surface area contributed by atoms with Gasteiger partial charge >= 0.3 is 6.09 Å². The minimum absolute atomic E-state index is 0.316. The molecule has 0 unspecified atom stereocenters. The molecule has 3 saturated heterocycles. The minimum atomic E-state index is -0.457. The molecule has 0 saturated carbocycles. The number of carbonyl (C=O) groups excluding carboxylic acids is 1. The lowest BCUT2D eigenvalue weighted by Crippen LogP contribution is -2.43. The highest BCUT2D eigenvalue weighted by Crippen LogP contribution is 2.32. The van der Waals surface area contributed by atoms with Gasteiger partial charge < -0.3 is 4.74 Å². The van der Waals surface area contributed by atoms with Gasteiger partial charge in [-0.25, -0.2) is 9.78 Å². The number of benzene rings is 1. The number of nitrogens with one attached hydrogen (secondary N) is 1. The lowest BCUT2D eigenvalue weighted by molar-refractivity contribution is 0.156. The molecule has 130 valence electrons. The minimum Gasteiger partial charge on any atom is -0.445 e. The maximum absolute atomic E-state index is 12.1. The molecule has 0 aliphatic carbocycles. The summed E-state index contributed by atoms with van der Waals surface area (Å²) in [5, 5.41) is 2.76. The Kier molecular flexibility index (Phi) is 4.81. The molecule has 1 N–H and O–H groups in total. The van der Waals surface area contributed by atoms with E-state index in [1.807, 2.05) is 30.3 Å². The van der Waals surface area contributed by atoms with Crippen molar-refractivity contribution in [3.63, 3.8) is 0 Å². The second-order valence-electron chi connectivity index (χ2n) is 6.45. The molecule has 2 aromatic rings. The summed E-state index contributed by atoms with van der Waals surface area (Å²) in [7, 11) is 0. The van der Waals surface area contributed by atoms with Gasteiger partial charge in [0.1, 0.15) is 6.61 Å². The van der Waals surface area contributed by atoms with Gasteiger partial charge in [-0.3, -0.25) is 10.2 Å². The number of hydrogen-bond acceptors (Lipinski definition) is 5. The lowest BCUT2D eigenvalue weighted by Gasteiger charge is -2.41. The van der Waals surface area contributed by atoms with Crippen molar-refractivity contribution in [1.29, 1.82) is 0 Å². The zero-order chi connectivity index (χ0) is 17.1. The summed E-state index contributed by atoms with van der Waals surface area (Å²) < 4.78 is 5.34. The average Bonchev–Trinajstić information content (AvgIpc) is 3.11. The summed E-state index contributed by atoms with van der Waals surface area (Å²) in [6.45, 7) is 3.75. The van der Waals surface area contributed by atoms with Gasteiger partial charge in [0.25, 0.3) is 0 Å². The van der Waals surface area contributed by atoms with Crippen LogP contribution in [0.25, 0.3) is 10.4 Å².